The summed E-state index contributed by atoms with van der Waals surface area (Å²) in [7, 11) is 4.05. The summed E-state index contributed by atoms with van der Waals surface area (Å²) in [6, 6.07) is 8.91. The number of amides is 1. The first-order chi connectivity index (χ1) is 12.1. The zero-order valence-corrected chi connectivity index (χ0v) is 16.8. The van der Waals surface area contributed by atoms with Gasteiger partial charge < -0.3 is 10.2 Å². The molecule has 5 heteroatoms. The van der Waals surface area contributed by atoms with Crippen LogP contribution in [0.3, 0.4) is 0 Å². The lowest BCUT2D eigenvalue weighted by Gasteiger charge is -2.32. The number of rotatable bonds is 9. The van der Waals surface area contributed by atoms with Crippen LogP contribution in [0.15, 0.2) is 29.2 Å². The monoisotopic (exact) mass is 363 g/mol. The molecule has 1 saturated heterocycles. The molecule has 0 spiro atoms. The van der Waals surface area contributed by atoms with Crippen molar-refractivity contribution in [1.29, 1.82) is 0 Å². The third kappa shape index (κ3) is 7.80. The molecule has 0 aliphatic carbocycles. The Morgan fingerprint density at radius 3 is 2.52 bits per heavy atom. The molecule has 1 aromatic carbocycles. The van der Waals surface area contributed by atoms with Crippen LogP contribution < -0.4 is 5.32 Å². The maximum absolute atomic E-state index is 11.9. The van der Waals surface area contributed by atoms with Crippen molar-refractivity contribution in [1.82, 2.24) is 15.1 Å². The highest BCUT2D eigenvalue weighted by Crippen LogP contribution is 2.23. The maximum atomic E-state index is 11.9. The number of nitrogens with zero attached hydrogens (tertiary/aromatic N) is 2. The molecule has 0 atom stereocenters. The van der Waals surface area contributed by atoms with Gasteiger partial charge in [0.1, 0.15) is 0 Å². The molecule has 4 nitrogen and oxygen atoms in total. The summed E-state index contributed by atoms with van der Waals surface area (Å²) >= 11 is 1.79. The standard InChI is InChI=1S/C20H33N3OS/c1-22(2)15-12-21-20(24)9-6-17-10-13-23(14-11-17)16-18-4-7-19(25-3)8-5-18/h4-5,7-8,17H,6,9-16H2,1-3H3,(H,21,24). The zero-order chi connectivity index (χ0) is 18.1. The van der Waals surface area contributed by atoms with Crippen molar-refractivity contribution in [2.24, 2.45) is 5.92 Å². The van der Waals surface area contributed by atoms with Crippen molar-refractivity contribution < 1.29 is 4.79 Å². The van der Waals surface area contributed by atoms with Crippen LogP contribution in [-0.2, 0) is 11.3 Å². The van der Waals surface area contributed by atoms with Crippen LogP contribution in [0.25, 0.3) is 0 Å². The smallest absolute Gasteiger partial charge is 0.220 e. The first-order valence-corrected chi connectivity index (χ1v) is 10.6. The summed E-state index contributed by atoms with van der Waals surface area (Å²) in [6.07, 6.45) is 6.25. The molecule has 0 bridgehead atoms. The van der Waals surface area contributed by atoms with Crippen LogP contribution in [0, 0.1) is 5.92 Å². The van der Waals surface area contributed by atoms with Crippen molar-refractivity contribution in [2.75, 3.05) is 46.5 Å². The van der Waals surface area contributed by atoms with E-state index < -0.39 is 0 Å². The second-order valence-electron chi connectivity index (χ2n) is 7.26. The maximum Gasteiger partial charge on any atom is 0.220 e. The molecule has 1 aromatic rings. The first-order valence-electron chi connectivity index (χ1n) is 9.33. The summed E-state index contributed by atoms with van der Waals surface area (Å²) < 4.78 is 0. The van der Waals surface area contributed by atoms with E-state index in [-0.39, 0.29) is 5.91 Å². The second kappa shape index (κ2) is 10.8. The predicted molar refractivity (Wildman–Crippen MR) is 107 cm³/mol. The molecular weight excluding hydrogens is 330 g/mol. The molecule has 1 heterocycles. The number of carbonyl (C=O) groups is 1. The van der Waals surface area contributed by atoms with E-state index in [1.165, 1.54) is 23.3 Å². The Hall–Kier alpha value is -1.04. The molecule has 140 valence electrons. The van der Waals surface area contributed by atoms with Crippen LogP contribution in [0.4, 0.5) is 0 Å². The van der Waals surface area contributed by atoms with Gasteiger partial charge in [0.2, 0.25) is 5.91 Å². The SMILES string of the molecule is CSc1ccc(CN2CCC(CCC(=O)NCCN(C)C)CC2)cc1. The quantitative estimate of drug-likeness (QED) is 0.684. The van der Waals surface area contributed by atoms with E-state index >= 15 is 0 Å². The minimum Gasteiger partial charge on any atom is -0.355 e. The average molecular weight is 364 g/mol. The minimum atomic E-state index is 0.207. The van der Waals surface area contributed by atoms with Crippen LogP contribution in [0.5, 0.6) is 0 Å². The fraction of sp³-hybridized carbons (Fsp3) is 0.650. The lowest BCUT2D eigenvalue weighted by Crippen LogP contribution is -2.34. The number of benzene rings is 1. The highest BCUT2D eigenvalue weighted by Gasteiger charge is 2.19. The number of likely N-dealkylation sites (N-methyl/N-ethyl adjacent to an activating group) is 1. The number of hydrogen-bond acceptors (Lipinski definition) is 4. The molecule has 1 fully saturated rings. The topological polar surface area (TPSA) is 35.6 Å². The van der Waals surface area contributed by atoms with Crippen LogP contribution >= 0.6 is 11.8 Å². The Bertz CT molecular complexity index is 510. The Labute approximate surface area is 157 Å². The molecule has 0 aromatic heterocycles. The first kappa shape index (κ1) is 20.3. The summed E-state index contributed by atoms with van der Waals surface area (Å²) in [5.41, 5.74) is 1.40. The summed E-state index contributed by atoms with van der Waals surface area (Å²) in [4.78, 5) is 17.8. The van der Waals surface area contributed by atoms with Crippen molar-refractivity contribution >= 4 is 17.7 Å². The number of piperidine rings is 1. The molecule has 1 aliphatic rings. The number of likely N-dealkylation sites (tertiary alicyclic amines) is 1. The van der Waals surface area contributed by atoms with Gasteiger partial charge in [-0.15, -0.1) is 11.8 Å². The molecule has 2 rings (SSSR count). The normalized spacial score (nSPS) is 16.3. The highest BCUT2D eigenvalue weighted by atomic mass is 32.2. The third-order valence-electron chi connectivity index (χ3n) is 4.93. The zero-order valence-electron chi connectivity index (χ0n) is 16.0. The molecule has 1 N–H and O–H groups in total. The van der Waals surface area contributed by atoms with E-state index in [1.807, 2.05) is 14.1 Å². The Morgan fingerprint density at radius 1 is 1.24 bits per heavy atom. The van der Waals surface area contributed by atoms with Crippen LogP contribution in [0.1, 0.15) is 31.2 Å². The van der Waals surface area contributed by atoms with Gasteiger partial charge in [-0.05, 0) is 76.3 Å². The van der Waals surface area contributed by atoms with Crippen molar-refractivity contribution in [3.8, 4) is 0 Å². The van der Waals surface area contributed by atoms with Crippen molar-refractivity contribution in [3.63, 3.8) is 0 Å². The largest absolute Gasteiger partial charge is 0.355 e. The van der Waals surface area contributed by atoms with Gasteiger partial charge in [0.05, 0.1) is 0 Å². The van der Waals surface area contributed by atoms with Crippen LogP contribution in [-0.4, -0.2) is 62.2 Å². The number of hydrogen-bond donors (Lipinski definition) is 1. The van der Waals surface area contributed by atoms with E-state index in [0.29, 0.717) is 12.3 Å². The van der Waals surface area contributed by atoms with Crippen molar-refractivity contribution in [2.45, 2.75) is 37.1 Å². The van der Waals surface area contributed by atoms with E-state index in [4.69, 9.17) is 0 Å². The third-order valence-corrected chi connectivity index (χ3v) is 5.68. The number of thioether (sulfide) groups is 1. The Morgan fingerprint density at radius 2 is 1.92 bits per heavy atom. The minimum absolute atomic E-state index is 0.207. The molecule has 25 heavy (non-hydrogen) atoms. The van der Waals surface area contributed by atoms with E-state index in [2.05, 4.69) is 45.6 Å². The van der Waals surface area contributed by atoms with Gasteiger partial charge in [-0.3, -0.25) is 9.69 Å². The van der Waals surface area contributed by atoms with Gasteiger partial charge >= 0.3 is 0 Å². The van der Waals surface area contributed by atoms with Gasteiger partial charge in [0.25, 0.3) is 0 Å². The predicted octanol–water partition coefficient (Wildman–Crippen LogP) is 3.08. The molecule has 0 unspecified atom stereocenters. The van der Waals surface area contributed by atoms with Gasteiger partial charge in [-0.1, -0.05) is 12.1 Å². The van der Waals surface area contributed by atoms with Gasteiger partial charge in [-0.25, -0.2) is 0 Å². The summed E-state index contributed by atoms with van der Waals surface area (Å²) in [5, 5.41) is 3.01. The Balaban J connectivity index is 1.61. The van der Waals surface area contributed by atoms with Crippen molar-refractivity contribution in [3.05, 3.63) is 29.8 Å². The van der Waals surface area contributed by atoms with Gasteiger partial charge in [0.15, 0.2) is 0 Å². The Kier molecular flexibility index (Phi) is 8.79. The number of nitrogens with one attached hydrogen (secondary N) is 1. The highest BCUT2D eigenvalue weighted by molar-refractivity contribution is 7.98. The summed E-state index contributed by atoms with van der Waals surface area (Å²) in [6.45, 7) is 5.00. The second-order valence-corrected chi connectivity index (χ2v) is 8.14. The lowest BCUT2D eigenvalue weighted by molar-refractivity contribution is -0.121. The fourth-order valence-corrected chi connectivity index (χ4v) is 3.67. The molecule has 0 saturated carbocycles. The molecular formula is C20H33N3OS. The van der Waals surface area contributed by atoms with Gasteiger partial charge in [0, 0.05) is 31.0 Å². The average Bonchev–Trinajstić information content (AvgIpc) is 2.61. The van der Waals surface area contributed by atoms with E-state index in [9.17, 15) is 4.79 Å². The molecule has 1 aliphatic heterocycles. The summed E-state index contributed by atoms with van der Waals surface area (Å²) in [5.74, 6) is 0.910. The fourth-order valence-electron chi connectivity index (χ4n) is 3.26. The van der Waals surface area contributed by atoms with Gasteiger partial charge in [-0.2, -0.15) is 0 Å². The molecule has 1 amide bonds. The van der Waals surface area contributed by atoms with Crippen LogP contribution in [0.2, 0.25) is 0 Å². The lowest BCUT2D eigenvalue weighted by atomic mass is 9.92. The van der Waals surface area contributed by atoms with E-state index in [1.54, 1.807) is 11.8 Å². The van der Waals surface area contributed by atoms with E-state index in [0.717, 1.165) is 39.1 Å². The molecule has 0 radical (unpaired) electrons. The number of carbonyl (C=O) groups excluding carboxylic acids is 1.